The van der Waals surface area contributed by atoms with Gasteiger partial charge in [0.1, 0.15) is 12.2 Å². The molecular formula is C12H17N5. The highest BCUT2D eigenvalue weighted by Crippen LogP contribution is 2.19. The lowest BCUT2D eigenvalue weighted by Gasteiger charge is -2.09. The molecular weight excluding hydrogens is 214 g/mol. The smallest absolute Gasteiger partial charge is 0.134 e. The van der Waals surface area contributed by atoms with Gasteiger partial charge in [-0.1, -0.05) is 6.07 Å². The van der Waals surface area contributed by atoms with E-state index in [1.807, 2.05) is 36.7 Å². The van der Waals surface area contributed by atoms with Gasteiger partial charge >= 0.3 is 0 Å². The summed E-state index contributed by atoms with van der Waals surface area (Å²) in [7, 11) is 1.94. The number of anilines is 2. The van der Waals surface area contributed by atoms with Crippen molar-refractivity contribution in [2.24, 2.45) is 7.05 Å². The molecule has 0 bridgehead atoms. The highest BCUT2D eigenvalue weighted by Gasteiger charge is 2.02. The van der Waals surface area contributed by atoms with E-state index in [9.17, 15) is 0 Å². The van der Waals surface area contributed by atoms with Gasteiger partial charge in [0.2, 0.25) is 0 Å². The maximum atomic E-state index is 5.88. The summed E-state index contributed by atoms with van der Waals surface area (Å²) in [4.78, 5) is 0. The Hall–Kier alpha value is -2.04. The predicted octanol–water partition coefficient (Wildman–Crippen LogP) is 1.36. The van der Waals surface area contributed by atoms with Crippen LogP contribution in [0, 0.1) is 6.92 Å². The summed E-state index contributed by atoms with van der Waals surface area (Å²) in [5.41, 5.74) is 8.83. The lowest BCUT2D eigenvalue weighted by atomic mass is 10.2. The van der Waals surface area contributed by atoms with Gasteiger partial charge in [-0.15, -0.1) is 10.2 Å². The molecule has 1 heterocycles. The van der Waals surface area contributed by atoms with E-state index in [0.29, 0.717) is 0 Å². The third-order valence-corrected chi connectivity index (χ3v) is 2.68. The molecule has 90 valence electrons. The molecule has 1 aromatic carbocycles. The van der Waals surface area contributed by atoms with Gasteiger partial charge in [-0.2, -0.15) is 0 Å². The molecule has 0 saturated carbocycles. The zero-order valence-electron chi connectivity index (χ0n) is 10.1. The average molecular weight is 231 g/mol. The summed E-state index contributed by atoms with van der Waals surface area (Å²) in [6, 6.07) is 5.97. The Balaban J connectivity index is 1.94. The number of nitrogens with two attached hydrogens (primary N) is 1. The first-order chi connectivity index (χ1) is 8.16. The van der Waals surface area contributed by atoms with Gasteiger partial charge < -0.3 is 15.6 Å². The van der Waals surface area contributed by atoms with E-state index >= 15 is 0 Å². The van der Waals surface area contributed by atoms with Crippen LogP contribution in [0.1, 0.15) is 11.4 Å². The summed E-state index contributed by atoms with van der Waals surface area (Å²) in [6.45, 7) is 2.84. The number of nitrogens with zero attached hydrogens (tertiary/aromatic N) is 3. The average Bonchev–Trinajstić information content (AvgIpc) is 2.70. The molecule has 17 heavy (non-hydrogen) atoms. The summed E-state index contributed by atoms with van der Waals surface area (Å²) in [5, 5.41) is 11.2. The fraction of sp³-hybridized carbons (Fsp3) is 0.333. The molecule has 0 saturated heterocycles. The van der Waals surface area contributed by atoms with E-state index in [2.05, 4.69) is 15.5 Å². The van der Waals surface area contributed by atoms with E-state index in [1.165, 1.54) is 5.56 Å². The predicted molar refractivity (Wildman–Crippen MR) is 68.8 cm³/mol. The Bertz CT molecular complexity index is 503. The Kier molecular flexibility index (Phi) is 3.27. The summed E-state index contributed by atoms with van der Waals surface area (Å²) >= 11 is 0. The number of hydrogen-bond donors (Lipinski definition) is 2. The number of hydrogen-bond acceptors (Lipinski definition) is 4. The summed E-state index contributed by atoms with van der Waals surface area (Å²) in [5.74, 6) is 0.962. The first kappa shape index (κ1) is 11.4. The minimum atomic E-state index is 0.772. The normalized spacial score (nSPS) is 10.5. The zero-order chi connectivity index (χ0) is 12.3. The van der Waals surface area contributed by atoms with Crippen molar-refractivity contribution in [2.75, 3.05) is 17.6 Å². The molecule has 0 radical (unpaired) electrons. The van der Waals surface area contributed by atoms with Crippen molar-refractivity contribution in [3.8, 4) is 0 Å². The monoisotopic (exact) mass is 231 g/mol. The van der Waals surface area contributed by atoms with Crippen LogP contribution in [0.15, 0.2) is 24.5 Å². The van der Waals surface area contributed by atoms with Crippen LogP contribution in [0.5, 0.6) is 0 Å². The molecule has 0 aliphatic heterocycles. The number of aryl methyl sites for hydroxylation is 2. The summed E-state index contributed by atoms with van der Waals surface area (Å²) < 4.78 is 1.92. The van der Waals surface area contributed by atoms with Crippen LogP contribution in [0.2, 0.25) is 0 Å². The third-order valence-electron chi connectivity index (χ3n) is 2.68. The van der Waals surface area contributed by atoms with Crippen molar-refractivity contribution in [3.05, 3.63) is 35.9 Å². The van der Waals surface area contributed by atoms with Gasteiger partial charge in [-0.3, -0.25) is 0 Å². The second-order valence-corrected chi connectivity index (χ2v) is 4.13. The molecule has 3 N–H and O–H groups in total. The van der Waals surface area contributed by atoms with Crippen LogP contribution >= 0.6 is 0 Å². The first-order valence-electron chi connectivity index (χ1n) is 5.59. The largest absolute Gasteiger partial charge is 0.397 e. The van der Waals surface area contributed by atoms with Gasteiger partial charge in [-0.05, 0) is 24.6 Å². The van der Waals surface area contributed by atoms with Crippen LogP contribution in [0.4, 0.5) is 11.4 Å². The van der Waals surface area contributed by atoms with Crippen molar-refractivity contribution in [3.63, 3.8) is 0 Å². The van der Waals surface area contributed by atoms with Crippen LogP contribution < -0.4 is 11.1 Å². The molecule has 2 rings (SSSR count). The van der Waals surface area contributed by atoms with Crippen molar-refractivity contribution in [2.45, 2.75) is 13.3 Å². The summed E-state index contributed by atoms with van der Waals surface area (Å²) in [6.07, 6.45) is 2.53. The molecule has 1 aromatic heterocycles. The van der Waals surface area contributed by atoms with Gasteiger partial charge in [0.05, 0.1) is 11.4 Å². The number of rotatable bonds is 4. The molecule has 5 heteroatoms. The van der Waals surface area contributed by atoms with E-state index in [4.69, 9.17) is 5.73 Å². The van der Waals surface area contributed by atoms with E-state index in [-0.39, 0.29) is 0 Å². The minimum absolute atomic E-state index is 0.772. The fourth-order valence-corrected chi connectivity index (χ4v) is 1.67. The second-order valence-electron chi connectivity index (χ2n) is 4.13. The van der Waals surface area contributed by atoms with Crippen molar-refractivity contribution in [1.82, 2.24) is 14.8 Å². The van der Waals surface area contributed by atoms with Crippen LogP contribution in [-0.4, -0.2) is 21.3 Å². The number of aromatic nitrogens is 3. The number of benzene rings is 1. The molecule has 0 fully saturated rings. The van der Waals surface area contributed by atoms with Gasteiger partial charge in [0.25, 0.3) is 0 Å². The van der Waals surface area contributed by atoms with Crippen molar-refractivity contribution in [1.29, 1.82) is 0 Å². The fourth-order valence-electron chi connectivity index (χ4n) is 1.67. The third kappa shape index (κ3) is 2.75. The van der Waals surface area contributed by atoms with Crippen LogP contribution in [-0.2, 0) is 13.5 Å². The maximum absolute atomic E-state index is 5.88. The SMILES string of the molecule is Cc1ccc(N)c(NCCc2nncn2C)c1. The standard InChI is InChI=1S/C12H17N5/c1-9-3-4-10(13)11(7-9)14-6-5-12-16-15-8-17(12)2/h3-4,7-8,14H,5-6,13H2,1-2H3. The van der Waals surface area contributed by atoms with Crippen molar-refractivity contribution >= 4 is 11.4 Å². The zero-order valence-corrected chi connectivity index (χ0v) is 10.1. The van der Waals surface area contributed by atoms with Crippen LogP contribution in [0.25, 0.3) is 0 Å². The highest BCUT2D eigenvalue weighted by atomic mass is 15.2. The topological polar surface area (TPSA) is 68.8 Å². The van der Waals surface area contributed by atoms with Gasteiger partial charge in [0.15, 0.2) is 0 Å². The van der Waals surface area contributed by atoms with E-state index in [1.54, 1.807) is 6.33 Å². The Labute approximate surface area is 101 Å². The molecule has 0 spiro atoms. The minimum Gasteiger partial charge on any atom is -0.397 e. The number of nitrogen functional groups attached to an aromatic ring is 1. The van der Waals surface area contributed by atoms with Gasteiger partial charge in [0, 0.05) is 20.0 Å². The Morgan fingerprint density at radius 1 is 1.41 bits per heavy atom. The Morgan fingerprint density at radius 3 is 2.94 bits per heavy atom. The molecule has 0 atom stereocenters. The molecule has 2 aromatic rings. The quantitative estimate of drug-likeness (QED) is 0.780. The second kappa shape index (κ2) is 4.86. The molecule has 0 amide bonds. The van der Waals surface area contributed by atoms with Crippen LogP contribution in [0.3, 0.4) is 0 Å². The number of nitrogens with one attached hydrogen (secondary N) is 1. The van der Waals surface area contributed by atoms with Crippen molar-refractivity contribution < 1.29 is 0 Å². The van der Waals surface area contributed by atoms with E-state index < -0.39 is 0 Å². The lowest BCUT2D eigenvalue weighted by molar-refractivity contribution is 0.788. The molecule has 0 aliphatic carbocycles. The maximum Gasteiger partial charge on any atom is 0.134 e. The highest BCUT2D eigenvalue weighted by molar-refractivity contribution is 5.66. The molecule has 0 aliphatic rings. The Morgan fingerprint density at radius 2 is 2.24 bits per heavy atom. The van der Waals surface area contributed by atoms with E-state index in [0.717, 1.165) is 30.2 Å². The lowest BCUT2D eigenvalue weighted by Crippen LogP contribution is -2.10. The van der Waals surface area contributed by atoms with Gasteiger partial charge in [-0.25, -0.2) is 0 Å². The molecule has 5 nitrogen and oxygen atoms in total. The molecule has 0 unspecified atom stereocenters. The first-order valence-corrected chi connectivity index (χ1v) is 5.59.